The lowest BCUT2D eigenvalue weighted by Gasteiger charge is -2.55. The van der Waals surface area contributed by atoms with E-state index in [2.05, 4.69) is 35.9 Å². The van der Waals surface area contributed by atoms with Gasteiger partial charge in [0.2, 0.25) is 0 Å². The topological polar surface area (TPSA) is 67.4 Å². The first kappa shape index (κ1) is 21.4. The number of piperidine rings is 1. The Balaban J connectivity index is 1.49. The average molecular weight is 434 g/mol. The van der Waals surface area contributed by atoms with E-state index in [-0.39, 0.29) is 11.3 Å². The van der Waals surface area contributed by atoms with Gasteiger partial charge < -0.3 is 14.3 Å². The van der Waals surface area contributed by atoms with Crippen molar-refractivity contribution in [3.63, 3.8) is 0 Å². The van der Waals surface area contributed by atoms with Crippen LogP contribution in [0.15, 0.2) is 10.6 Å². The number of aryl methyl sites for hydroxylation is 2. The highest BCUT2D eigenvalue weighted by atomic mass is 35.5. The second kappa shape index (κ2) is 7.68. The first-order chi connectivity index (χ1) is 14.1. The molecule has 8 heteroatoms. The molecular formula is C22H32ClN5O2. The lowest BCUT2D eigenvalue weighted by Crippen LogP contribution is -2.63. The molecule has 0 unspecified atom stereocenters. The zero-order chi connectivity index (χ0) is 21.7. The summed E-state index contributed by atoms with van der Waals surface area (Å²) < 4.78 is 6.73. The lowest BCUT2D eigenvalue weighted by atomic mass is 9.73. The predicted octanol–water partition coefficient (Wildman–Crippen LogP) is 4.01. The number of nitrogens with zero attached hydrogens (tertiary/aromatic N) is 5. The number of hydrogen-bond acceptors (Lipinski definition) is 5. The molecule has 0 bridgehead atoms. The maximum atomic E-state index is 13.5. The van der Waals surface area contributed by atoms with Crippen molar-refractivity contribution in [2.45, 2.75) is 47.0 Å². The minimum atomic E-state index is -0.0593. The van der Waals surface area contributed by atoms with Crippen LogP contribution in [-0.2, 0) is 7.05 Å². The number of hydrogen-bond donors (Lipinski definition) is 0. The van der Waals surface area contributed by atoms with E-state index in [0.717, 1.165) is 39.1 Å². The molecule has 2 aliphatic heterocycles. The van der Waals surface area contributed by atoms with Crippen LogP contribution in [0.1, 0.15) is 56.2 Å². The van der Waals surface area contributed by atoms with Gasteiger partial charge in [-0.3, -0.25) is 9.48 Å². The minimum Gasteiger partial charge on any atom is -0.361 e. The maximum Gasteiger partial charge on any atom is 0.259 e. The normalized spacial score (nSPS) is 19.3. The molecule has 4 rings (SSSR count). The Morgan fingerprint density at radius 3 is 2.67 bits per heavy atom. The smallest absolute Gasteiger partial charge is 0.259 e. The molecule has 0 atom stereocenters. The fourth-order valence-corrected chi connectivity index (χ4v) is 4.91. The number of rotatable bonds is 4. The molecule has 2 aromatic heterocycles. The Morgan fingerprint density at radius 1 is 1.30 bits per heavy atom. The lowest BCUT2D eigenvalue weighted by molar-refractivity contribution is -0.0507. The minimum absolute atomic E-state index is 0.0593. The summed E-state index contributed by atoms with van der Waals surface area (Å²) >= 11 is 6.50. The van der Waals surface area contributed by atoms with E-state index >= 15 is 0 Å². The maximum absolute atomic E-state index is 13.5. The highest BCUT2D eigenvalue weighted by Crippen LogP contribution is 2.41. The number of likely N-dealkylation sites (tertiary alicyclic amines) is 2. The zero-order valence-corrected chi connectivity index (χ0v) is 19.4. The van der Waals surface area contributed by atoms with Gasteiger partial charge in [-0.05, 0) is 38.1 Å². The van der Waals surface area contributed by atoms with E-state index in [4.69, 9.17) is 16.1 Å². The number of carbonyl (C=O) groups is 1. The van der Waals surface area contributed by atoms with Gasteiger partial charge in [-0.1, -0.05) is 37.5 Å². The number of halogens is 1. The van der Waals surface area contributed by atoms with E-state index in [1.807, 2.05) is 11.8 Å². The molecule has 30 heavy (non-hydrogen) atoms. The summed E-state index contributed by atoms with van der Waals surface area (Å²) in [7, 11) is 1.74. The van der Waals surface area contributed by atoms with Gasteiger partial charge in [0.05, 0.1) is 0 Å². The van der Waals surface area contributed by atoms with Gasteiger partial charge >= 0.3 is 0 Å². The summed E-state index contributed by atoms with van der Waals surface area (Å²) in [5.74, 6) is 0.614. The second-order valence-corrected chi connectivity index (χ2v) is 10.7. The van der Waals surface area contributed by atoms with E-state index in [1.54, 1.807) is 13.1 Å². The first-order valence-electron chi connectivity index (χ1n) is 10.7. The molecule has 2 aromatic rings. The SMILES string of the molecule is Cc1cc(-c2nn(C)c(Cl)c2C(=O)N2CCCC3(CN(CCC(C)(C)C)C3)C2)no1. The molecule has 1 amide bonds. The van der Waals surface area contributed by atoms with Crippen LogP contribution in [0.25, 0.3) is 11.4 Å². The van der Waals surface area contributed by atoms with Crippen molar-refractivity contribution in [2.75, 3.05) is 32.7 Å². The molecule has 2 fully saturated rings. The Kier molecular flexibility index (Phi) is 5.47. The van der Waals surface area contributed by atoms with Crippen molar-refractivity contribution in [1.82, 2.24) is 24.7 Å². The standard InChI is InChI=1S/C22H32ClN5O2/c1-15-11-16(25-30-15)18-17(19(23)26(5)24-18)20(29)28-9-6-7-22(14-28)12-27(13-22)10-8-21(2,3)4/h11H,6-10,12-14H2,1-5H3. The Morgan fingerprint density at radius 2 is 2.03 bits per heavy atom. The second-order valence-electron chi connectivity index (χ2n) is 10.3. The molecular weight excluding hydrogens is 402 g/mol. The number of carbonyl (C=O) groups excluding carboxylic acids is 1. The van der Waals surface area contributed by atoms with E-state index < -0.39 is 0 Å². The van der Waals surface area contributed by atoms with E-state index in [0.29, 0.717) is 33.3 Å². The molecule has 2 aliphatic rings. The highest BCUT2D eigenvalue weighted by Gasteiger charge is 2.47. The quantitative estimate of drug-likeness (QED) is 0.728. The summed E-state index contributed by atoms with van der Waals surface area (Å²) in [4.78, 5) is 18.0. The summed E-state index contributed by atoms with van der Waals surface area (Å²) in [6.07, 6.45) is 3.39. The number of aromatic nitrogens is 3. The largest absolute Gasteiger partial charge is 0.361 e. The summed E-state index contributed by atoms with van der Waals surface area (Å²) in [5.41, 5.74) is 2.02. The summed E-state index contributed by atoms with van der Waals surface area (Å²) in [6.45, 7) is 13.5. The van der Waals surface area contributed by atoms with Gasteiger partial charge in [-0.25, -0.2) is 0 Å². The third-order valence-electron chi connectivity index (χ3n) is 6.31. The van der Waals surface area contributed by atoms with Gasteiger partial charge in [0.25, 0.3) is 5.91 Å². The number of amides is 1. The van der Waals surface area contributed by atoms with Crippen LogP contribution in [-0.4, -0.2) is 63.4 Å². The molecule has 2 saturated heterocycles. The van der Waals surface area contributed by atoms with Gasteiger partial charge in [0.15, 0.2) is 0 Å². The molecule has 0 aliphatic carbocycles. The van der Waals surface area contributed by atoms with Gasteiger partial charge in [-0.2, -0.15) is 5.10 Å². The monoisotopic (exact) mass is 433 g/mol. The van der Waals surface area contributed by atoms with Crippen LogP contribution in [0.2, 0.25) is 5.15 Å². The molecule has 164 valence electrons. The summed E-state index contributed by atoms with van der Waals surface area (Å²) in [6, 6.07) is 1.78. The van der Waals surface area contributed by atoms with Crippen molar-refractivity contribution >= 4 is 17.5 Å². The molecule has 4 heterocycles. The fourth-order valence-electron chi connectivity index (χ4n) is 4.70. The Hall–Kier alpha value is -1.86. The average Bonchev–Trinajstić information content (AvgIpc) is 3.21. The fraction of sp³-hybridized carbons (Fsp3) is 0.682. The molecule has 1 spiro atoms. The zero-order valence-electron chi connectivity index (χ0n) is 18.7. The van der Waals surface area contributed by atoms with E-state index in [9.17, 15) is 4.79 Å². The van der Waals surface area contributed by atoms with Gasteiger partial charge in [0.1, 0.15) is 27.9 Å². The molecule has 0 radical (unpaired) electrons. The van der Waals surface area contributed by atoms with Crippen molar-refractivity contribution in [1.29, 1.82) is 0 Å². The van der Waals surface area contributed by atoms with Gasteiger partial charge in [-0.15, -0.1) is 0 Å². The summed E-state index contributed by atoms with van der Waals surface area (Å²) in [5, 5.41) is 8.84. The van der Waals surface area contributed by atoms with Crippen LogP contribution in [0, 0.1) is 17.8 Å². The third-order valence-corrected chi connectivity index (χ3v) is 6.74. The van der Waals surface area contributed by atoms with Crippen molar-refractivity contribution in [2.24, 2.45) is 17.9 Å². The Bertz CT molecular complexity index is 936. The highest BCUT2D eigenvalue weighted by molar-refractivity contribution is 6.33. The predicted molar refractivity (Wildman–Crippen MR) is 117 cm³/mol. The molecule has 0 aromatic carbocycles. The molecule has 0 N–H and O–H groups in total. The molecule has 0 saturated carbocycles. The first-order valence-corrected chi connectivity index (χ1v) is 11.1. The van der Waals surface area contributed by atoms with Crippen molar-refractivity contribution in [3.8, 4) is 11.4 Å². The van der Waals surface area contributed by atoms with Crippen LogP contribution < -0.4 is 0 Å². The van der Waals surface area contributed by atoms with Crippen LogP contribution in [0.3, 0.4) is 0 Å². The molecule has 7 nitrogen and oxygen atoms in total. The third kappa shape index (κ3) is 4.14. The van der Waals surface area contributed by atoms with E-state index in [1.165, 1.54) is 17.5 Å². The van der Waals surface area contributed by atoms with Crippen molar-refractivity contribution < 1.29 is 9.32 Å². The van der Waals surface area contributed by atoms with Gasteiger partial charge in [0, 0.05) is 44.7 Å². The Labute approximate surface area is 183 Å². The van der Waals surface area contributed by atoms with Crippen LogP contribution >= 0.6 is 11.6 Å². The van der Waals surface area contributed by atoms with Crippen molar-refractivity contribution in [3.05, 3.63) is 22.5 Å². The van der Waals surface area contributed by atoms with Crippen LogP contribution in [0.4, 0.5) is 0 Å². The van der Waals surface area contributed by atoms with Crippen LogP contribution in [0.5, 0.6) is 0 Å².